The van der Waals surface area contributed by atoms with Gasteiger partial charge in [-0.25, -0.2) is 4.79 Å². The number of benzene rings is 4. The molecule has 1 aromatic heterocycles. The summed E-state index contributed by atoms with van der Waals surface area (Å²) in [5.41, 5.74) is 3.10. The maximum atomic E-state index is 14.3. The highest BCUT2D eigenvalue weighted by atomic mass is 16.5. The fourth-order valence-electron chi connectivity index (χ4n) is 6.82. The molecule has 1 saturated carbocycles. The zero-order valence-corrected chi connectivity index (χ0v) is 27.4. The van der Waals surface area contributed by atoms with Gasteiger partial charge in [-0.1, -0.05) is 98.1 Å². The van der Waals surface area contributed by atoms with Crippen molar-refractivity contribution in [2.24, 2.45) is 5.92 Å². The first-order valence-electron chi connectivity index (χ1n) is 16.9. The second kappa shape index (κ2) is 15.8. The number of methoxy groups -OCH3 is 1. The lowest BCUT2D eigenvalue weighted by molar-refractivity contribution is 0.189. The molecule has 0 atom stereocenters. The van der Waals surface area contributed by atoms with E-state index in [2.05, 4.69) is 35.2 Å². The maximum absolute atomic E-state index is 14.3. The van der Waals surface area contributed by atoms with Gasteiger partial charge in [-0.3, -0.25) is 18.8 Å². The van der Waals surface area contributed by atoms with E-state index in [-0.39, 0.29) is 17.8 Å². The van der Waals surface area contributed by atoms with Crippen molar-refractivity contribution in [3.05, 3.63) is 141 Å². The molecule has 1 aliphatic carbocycles. The largest absolute Gasteiger partial charge is 0.497 e. The zero-order valence-electron chi connectivity index (χ0n) is 27.4. The summed E-state index contributed by atoms with van der Waals surface area (Å²) in [4.78, 5) is 30.8. The SMILES string of the molecule is COc1ccc(Cn2c(=O)c3cccc(OCc4ccccc4)c3n(CCCN(Cc3ccccc3)CC3CCCCC3)c2=O)cc1. The van der Waals surface area contributed by atoms with Crippen LogP contribution in [0.1, 0.15) is 55.2 Å². The smallest absolute Gasteiger partial charge is 0.331 e. The van der Waals surface area contributed by atoms with E-state index in [9.17, 15) is 9.59 Å². The summed E-state index contributed by atoms with van der Waals surface area (Å²) < 4.78 is 14.7. The summed E-state index contributed by atoms with van der Waals surface area (Å²) in [7, 11) is 1.62. The van der Waals surface area contributed by atoms with Gasteiger partial charge in [0, 0.05) is 26.2 Å². The Bertz CT molecular complexity index is 1840. The fourth-order valence-corrected chi connectivity index (χ4v) is 6.82. The van der Waals surface area contributed by atoms with Crippen molar-refractivity contribution in [2.45, 2.75) is 64.8 Å². The molecule has 0 N–H and O–H groups in total. The van der Waals surface area contributed by atoms with Crippen LogP contribution in [0.15, 0.2) is 113 Å². The second-order valence-electron chi connectivity index (χ2n) is 12.7. The van der Waals surface area contributed by atoms with Crippen LogP contribution in [0.5, 0.6) is 11.5 Å². The first kappa shape index (κ1) is 32.3. The van der Waals surface area contributed by atoms with Crippen LogP contribution in [-0.2, 0) is 26.2 Å². The van der Waals surface area contributed by atoms with Crippen molar-refractivity contribution in [1.29, 1.82) is 0 Å². The quantitative estimate of drug-likeness (QED) is 0.129. The number of ether oxygens (including phenoxy) is 2. The summed E-state index contributed by atoms with van der Waals surface area (Å²) in [6.45, 7) is 3.79. The van der Waals surface area contributed by atoms with Crippen LogP contribution in [0.3, 0.4) is 0 Å². The van der Waals surface area contributed by atoms with Crippen LogP contribution in [0.2, 0.25) is 0 Å². The minimum Gasteiger partial charge on any atom is -0.497 e. The highest BCUT2D eigenvalue weighted by Gasteiger charge is 2.20. The van der Waals surface area contributed by atoms with E-state index >= 15 is 0 Å². The molecule has 4 aromatic carbocycles. The first-order chi connectivity index (χ1) is 23.1. The molecule has 7 nitrogen and oxygen atoms in total. The molecule has 0 saturated heterocycles. The molecule has 6 rings (SSSR count). The Hall–Kier alpha value is -4.62. The molecule has 0 unspecified atom stereocenters. The molecule has 244 valence electrons. The van der Waals surface area contributed by atoms with E-state index in [1.807, 2.05) is 66.7 Å². The Kier molecular flexibility index (Phi) is 10.9. The Morgan fingerprint density at radius 1 is 0.745 bits per heavy atom. The first-order valence-corrected chi connectivity index (χ1v) is 16.9. The third kappa shape index (κ3) is 8.22. The molecule has 5 aromatic rings. The lowest BCUT2D eigenvalue weighted by Crippen LogP contribution is -2.41. The van der Waals surface area contributed by atoms with Crippen LogP contribution in [-0.4, -0.2) is 34.2 Å². The fraction of sp³-hybridized carbons (Fsp3) is 0.350. The molecule has 7 heteroatoms. The van der Waals surface area contributed by atoms with E-state index in [0.717, 1.165) is 42.9 Å². The topological polar surface area (TPSA) is 65.7 Å². The Morgan fingerprint density at radius 3 is 2.15 bits per heavy atom. The molecule has 47 heavy (non-hydrogen) atoms. The van der Waals surface area contributed by atoms with Gasteiger partial charge < -0.3 is 9.47 Å². The van der Waals surface area contributed by atoms with Crippen molar-refractivity contribution < 1.29 is 9.47 Å². The minimum absolute atomic E-state index is 0.175. The molecular weight excluding hydrogens is 586 g/mol. The Balaban J connectivity index is 1.32. The average molecular weight is 632 g/mol. The number of aromatic nitrogens is 2. The van der Waals surface area contributed by atoms with E-state index in [4.69, 9.17) is 9.47 Å². The maximum Gasteiger partial charge on any atom is 0.331 e. The average Bonchev–Trinajstić information content (AvgIpc) is 3.12. The van der Waals surface area contributed by atoms with E-state index in [0.29, 0.717) is 35.7 Å². The van der Waals surface area contributed by atoms with Crippen LogP contribution in [0.25, 0.3) is 10.9 Å². The van der Waals surface area contributed by atoms with Crippen molar-refractivity contribution in [1.82, 2.24) is 14.0 Å². The van der Waals surface area contributed by atoms with Crippen LogP contribution >= 0.6 is 0 Å². The standard InChI is InChI=1S/C40H45N3O4/c1-46-35-23-21-33(22-24-35)29-43-39(44)36-19-11-20-37(47-30-34-17-9-4-10-18-34)38(36)42(40(43)45)26-12-25-41(27-31-13-5-2-6-14-31)28-32-15-7-3-8-16-32/h2,4-6,9-11,13-14,17-24,32H,3,7-8,12,15-16,25-30H2,1H3. The number of nitrogens with zero attached hydrogens (tertiary/aromatic N) is 3. The van der Waals surface area contributed by atoms with E-state index < -0.39 is 0 Å². The van der Waals surface area contributed by atoms with Gasteiger partial charge in [0.15, 0.2) is 0 Å². The summed E-state index contributed by atoms with van der Waals surface area (Å²) in [5, 5.41) is 0.479. The highest BCUT2D eigenvalue weighted by molar-refractivity contribution is 5.84. The third-order valence-electron chi connectivity index (χ3n) is 9.29. The van der Waals surface area contributed by atoms with Gasteiger partial charge in [-0.05, 0) is 66.1 Å². The van der Waals surface area contributed by atoms with Gasteiger partial charge in [0.05, 0.1) is 19.0 Å². The van der Waals surface area contributed by atoms with Gasteiger partial charge in [-0.15, -0.1) is 0 Å². The monoisotopic (exact) mass is 631 g/mol. The molecule has 0 spiro atoms. The molecule has 1 fully saturated rings. The molecule has 0 amide bonds. The number of para-hydroxylation sites is 1. The van der Waals surface area contributed by atoms with Crippen molar-refractivity contribution in [3.8, 4) is 11.5 Å². The zero-order chi connectivity index (χ0) is 32.4. The number of rotatable bonds is 14. The van der Waals surface area contributed by atoms with Crippen LogP contribution < -0.4 is 20.7 Å². The Morgan fingerprint density at radius 2 is 1.45 bits per heavy atom. The molecule has 1 aliphatic rings. The van der Waals surface area contributed by atoms with Gasteiger partial charge in [0.25, 0.3) is 5.56 Å². The van der Waals surface area contributed by atoms with Crippen molar-refractivity contribution >= 4 is 10.9 Å². The second-order valence-corrected chi connectivity index (χ2v) is 12.7. The van der Waals surface area contributed by atoms with Gasteiger partial charge >= 0.3 is 5.69 Å². The lowest BCUT2D eigenvalue weighted by atomic mass is 9.89. The molecule has 0 aliphatic heterocycles. The number of fused-ring (bicyclic) bond motifs is 1. The van der Waals surface area contributed by atoms with Crippen molar-refractivity contribution in [2.75, 3.05) is 20.2 Å². The summed E-state index contributed by atoms with van der Waals surface area (Å²) in [6, 6.07) is 33.6. The molecule has 1 heterocycles. The van der Waals surface area contributed by atoms with Crippen LogP contribution in [0, 0.1) is 5.92 Å². The molecule has 0 radical (unpaired) electrons. The van der Waals surface area contributed by atoms with E-state index in [1.54, 1.807) is 17.7 Å². The summed E-state index contributed by atoms with van der Waals surface area (Å²) >= 11 is 0. The van der Waals surface area contributed by atoms with Gasteiger partial charge in [-0.2, -0.15) is 0 Å². The number of hydrogen-bond acceptors (Lipinski definition) is 5. The predicted molar refractivity (Wildman–Crippen MR) is 188 cm³/mol. The predicted octanol–water partition coefficient (Wildman–Crippen LogP) is 7.27. The highest BCUT2D eigenvalue weighted by Crippen LogP contribution is 2.26. The number of hydrogen-bond donors (Lipinski definition) is 0. The third-order valence-corrected chi connectivity index (χ3v) is 9.29. The summed E-state index contributed by atoms with van der Waals surface area (Å²) in [6.07, 6.45) is 7.30. The van der Waals surface area contributed by atoms with Gasteiger partial charge in [0.1, 0.15) is 23.6 Å². The molecular formula is C40H45N3O4. The number of aryl methyl sites for hydroxylation is 1. The lowest BCUT2D eigenvalue weighted by Gasteiger charge is -2.30. The minimum atomic E-state index is -0.323. The normalized spacial score (nSPS) is 13.7. The van der Waals surface area contributed by atoms with Gasteiger partial charge in [0.2, 0.25) is 0 Å². The summed E-state index contributed by atoms with van der Waals surface area (Å²) in [5.74, 6) is 1.98. The van der Waals surface area contributed by atoms with E-state index in [1.165, 1.54) is 42.2 Å². The molecule has 0 bridgehead atoms. The van der Waals surface area contributed by atoms with Crippen molar-refractivity contribution in [3.63, 3.8) is 0 Å². The van der Waals surface area contributed by atoms with Crippen LogP contribution in [0.4, 0.5) is 0 Å². The Labute approximate surface area is 277 Å².